The maximum Gasteiger partial charge on any atom is 0.107 e. The number of imidazole rings is 1. The van der Waals surface area contributed by atoms with Crippen molar-refractivity contribution < 1.29 is 4.74 Å². The van der Waals surface area contributed by atoms with Crippen LogP contribution in [-0.4, -0.2) is 27.2 Å². The van der Waals surface area contributed by atoms with Crippen molar-refractivity contribution in [1.29, 1.82) is 5.26 Å². The number of rotatable bonds is 1. The Morgan fingerprint density at radius 3 is 3.05 bits per heavy atom. The van der Waals surface area contributed by atoms with Gasteiger partial charge in [0.15, 0.2) is 0 Å². The molecular formula is C17H16N4O. The third-order valence-electron chi connectivity index (χ3n) is 4.38. The normalized spacial score (nSPS) is 22.0. The third-order valence-corrected chi connectivity index (χ3v) is 4.38. The number of hydrogen-bond acceptors (Lipinski definition) is 4. The molecule has 110 valence electrons. The van der Waals surface area contributed by atoms with Crippen molar-refractivity contribution in [2.45, 2.75) is 31.9 Å². The Morgan fingerprint density at radius 1 is 1.32 bits per heavy atom. The number of hydrogen-bond donors (Lipinski definition) is 0. The summed E-state index contributed by atoms with van der Waals surface area (Å²) in [6.07, 6.45) is 5.93. The Morgan fingerprint density at radius 2 is 2.23 bits per heavy atom. The fraction of sp³-hybridized carbons (Fsp3) is 0.353. The number of ether oxygens (including phenoxy) is 1. The fourth-order valence-electron chi connectivity index (χ4n) is 3.29. The molecule has 0 radical (unpaired) electrons. The molecule has 22 heavy (non-hydrogen) atoms. The molecule has 2 atom stereocenters. The van der Waals surface area contributed by atoms with Gasteiger partial charge in [0, 0.05) is 18.0 Å². The highest BCUT2D eigenvalue weighted by Gasteiger charge is 2.23. The van der Waals surface area contributed by atoms with Crippen LogP contribution in [0.1, 0.15) is 31.4 Å². The van der Waals surface area contributed by atoms with Crippen molar-refractivity contribution in [3.63, 3.8) is 0 Å². The molecule has 0 spiro atoms. The molecule has 3 aromatic rings. The summed E-state index contributed by atoms with van der Waals surface area (Å²) < 4.78 is 7.89. The van der Waals surface area contributed by atoms with E-state index >= 15 is 0 Å². The summed E-state index contributed by atoms with van der Waals surface area (Å²) in [6, 6.07) is 8.20. The van der Waals surface area contributed by atoms with Crippen molar-refractivity contribution in [3.8, 4) is 6.07 Å². The molecule has 1 aliphatic heterocycles. The van der Waals surface area contributed by atoms with Gasteiger partial charge in [0.1, 0.15) is 5.52 Å². The van der Waals surface area contributed by atoms with Crippen molar-refractivity contribution >= 4 is 21.9 Å². The highest BCUT2D eigenvalue weighted by molar-refractivity contribution is 6.02. The lowest BCUT2D eigenvalue weighted by Crippen LogP contribution is -2.25. The molecule has 0 N–H and O–H groups in total. The van der Waals surface area contributed by atoms with E-state index in [1.54, 1.807) is 6.07 Å². The lowest BCUT2D eigenvalue weighted by Gasteiger charge is -2.28. The summed E-state index contributed by atoms with van der Waals surface area (Å²) >= 11 is 0. The second-order valence-corrected chi connectivity index (χ2v) is 5.85. The van der Waals surface area contributed by atoms with Crippen LogP contribution >= 0.6 is 0 Å². The van der Waals surface area contributed by atoms with Crippen LogP contribution in [0.4, 0.5) is 0 Å². The van der Waals surface area contributed by atoms with Gasteiger partial charge >= 0.3 is 0 Å². The van der Waals surface area contributed by atoms with Gasteiger partial charge in [-0.1, -0.05) is 0 Å². The summed E-state index contributed by atoms with van der Waals surface area (Å²) in [7, 11) is 0. The Hall–Kier alpha value is -2.45. The van der Waals surface area contributed by atoms with E-state index in [1.165, 1.54) is 0 Å². The van der Waals surface area contributed by atoms with Crippen LogP contribution in [0.3, 0.4) is 0 Å². The zero-order valence-corrected chi connectivity index (χ0v) is 12.4. The molecule has 1 aliphatic rings. The molecule has 0 aliphatic carbocycles. The van der Waals surface area contributed by atoms with E-state index in [4.69, 9.17) is 10.00 Å². The second kappa shape index (κ2) is 5.08. The number of nitriles is 1. The molecule has 4 rings (SSSR count). The zero-order valence-electron chi connectivity index (χ0n) is 12.4. The molecule has 0 saturated carbocycles. The molecule has 5 heteroatoms. The quantitative estimate of drug-likeness (QED) is 0.691. The van der Waals surface area contributed by atoms with Gasteiger partial charge in [-0.25, -0.2) is 4.98 Å². The topological polar surface area (TPSA) is 63.7 Å². The number of nitrogens with zero attached hydrogens (tertiary/aromatic N) is 4. The number of aromatic nitrogens is 3. The maximum absolute atomic E-state index is 9.16. The first kappa shape index (κ1) is 13.2. The third kappa shape index (κ3) is 2.04. The average Bonchev–Trinajstić information content (AvgIpc) is 2.99. The minimum absolute atomic E-state index is 0.263. The second-order valence-electron chi connectivity index (χ2n) is 5.85. The van der Waals surface area contributed by atoms with Crippen LogP contribution in [0.5, 0.6) is 0 Å². The molecule has 2 unspecified atom stereocenters. The molecule has 5 nitrogen and oxygen atoms in total. The summed E-state index contributed by atoms with van der Waals surface area (Å²) in [5.41, 5.74) is 3.49. The Balaban J connectivity index is 1.95. The van der Waals surface area contributed by atoms with E-state index in [1.807, 2.05) is 24.7 Å². The first-order valence-electron chi connectivity index (χ1n) is 7.53. The van der Waals surface area contributed by atoms with E-state index in [2.05, 4.69) is 27.5 Å². The summed E-state index contributed by atoms with van der Waals surface area (Å²) in [4.78, 5) is 8.95. The van der Waals surface area contributed by atoms with E-state index < -0.39 is 0 Å². The molecule has 0 bridgehead atoms. The Bertz CT molecular complexity index is 893. The van der Waals surface area contributed by atoms with E-state index in [9.17, 15) is 0 Å². The van der Waals surface area contributed by atoms with Crippen molar-refractivity contribution in [1.82, 2.24) is 14.5 Å². The number of benzene rings is 1. The molecule has 0 amide bonds. The number of pyridine rings is 1. The van der Waals surface area contributed by atoms with Crippen molar-refractivity contribution in [3.05, 3.63) is 36.3 Å². The SMILES string of the molecule is CC1CC(n2cnc3cnc4ccc(C#N)cc4c32)CCO1. The van der Waals surface area contributed by atoms with Gasteiger partial charge in [-0.2, -0.15) is 5.26 Å². The van der Waals surface area contributed by atoms with Crippen LogP contribution < -0.4 is 0 Å². The summed E-state index contributed by atoms with van der Waals surface area (Å²) in [5.74, 6) is 0. The van der Waals surface area contributed by atoms with Gasteiger partial charge in [-0.3, -0.25) is 4.98 Å². The maximum atomic E-state index is 9.16. The van der Waals surface area contributed by atoms with Crippen molar-refractivity contribution in [2.75, 3.05) is 6.61 Å². The molecule has 2 aromatic heterocycles. The zero-order chi connectivity index (χ0) is 15.1. The average molecular weight is 292 g/mol. The lowest BCUT2D eigenvalue weighted by atomic mass is 10.0. The van der Waals surface area contributed by atoms with Gasteiger partial charge in [0.25, 0.3) is 0 Å². The molecule has 3 heterocycles. The van der Waals surface area contributed by atoms with E-state index in [0.717, 1.165) is 41.4 Å². The van der Waals surface area contributed by atoms with Gasteiger partial charge in [0.2, 0.25) is 0 Å². The predicted octanol–water partition coefficient (Wildman–Crippen LogP) is 3.20. The highest BCUT2D eigenvalue weighted by Crippen LogP contribution is 2.31. The Labute approximate surface area is 128 Å². The number of fused-ring (bicyclic) bond motifs is 3. The standard InChI is InChI=1S/C17H16N4O/c1-11-6-13(4-5-22-11)21-10-20-16-9-19-15-3-2-12(8-18)7-14(15)17(16)21/h2-3,7,9-11,13H,4-6H2,1H3. The van der Waals surface area contributed by atoms with E-state index in [-0.39, 0.29) is 6.10 Å². The van der Waals surface area contributed by atoms with Crippen LogP contribution in [0.25, 0.3) is 21.9 Å². The van der Waals surface area contributed by atoms with Crippen LogP contribution in [0.2, 0.25) is 0 Å². The first-order chi connectivity index (χ1) is 10.8. The summed E-state index contributed by atoms with van der Waals surface area (Å²) in [5, 5.41) is 10.2. The van der Waals surface area contributed by atoms with Crippen LogP contribution in [0, 0.1) is 11.3 Å². The fourth-order valence-corrected chi connectivity index (χ4v) is 3.29. The molecular weight excluding hydrogens is 276 g/mol. The van der Waals surface area contributed by atoms with E-state index in [0.29, 0.717) is 11.6 Å². The first-order valence-corrected chi connectivity index (χ1v) is 7.53. The lowest BCUT2D eigenvalue weighted by molar-refractivity contribution is 0.00674. The van der Waals surface area contributed by atoms with Crippen LogP contribution in [-0.2, 0) is 4.74 Å². The monoisotopic (exact) mass is 292 g/mol. The summed E-state index contributed by atoms with van der Waals surface area (Å²) in [6.45, 7) is 2.89. The predicted molar refractivity (Wildman–Crippen MR) is 83.4 cm³/mol. The molecule has 1 fully saturated rings. The smallest absolute Gasteiger partial charge is 0.107 e. The Kier molecular flexibility index (Phi) is 3.05. The molecule has 1 saturated heterocycles. The van der Waals surface area contributed by atoms with Gasteiger partial charge < -0.3 is 9.30 Å². The highest BCUT2D eigenvalue weighted by atomic mass is 16.5. The molecule has 1 aromatic carbocycles. The van der Waals surface area contributed by atoms with Gasteiger partial charge in [0.05, 0.1) is 41.3 Å². The van der Waals surface area contributed by atoms with Crippen molar-refractivity contribution in [2.24, 2.45) is 0 Å². The minimum atomic E-state index is 0.263. The van der Waals surface area contributed by atoms with Crippen LogP contribution in [0.15, 0.2) is 30.7 Å². The van der Waals surface area contributed by atoms with Gasteiger partial charge in [-0.15, -0.1) is 0 Å². The minimum Gasteiger partial charge on any atom is -0.378 e. The van der Waals surface area contributed by atoms with Gasteiger partial charge in [-0.05, 0) is 38.0 Å². The largest absolute Gasteiger partial charge is 0.378 e.